The van der Waals surface area contributed by atoms with Crippen molar-refractivity contribution < 1.29 is 27.5 Å². The molecule has 0 aliphatic rings. The van der Waals surface area contributed by atoms with Crippen LogP contribution in [-0.2, 0) is 14.8 Å². The van der Waals surface area contributed by atoms with E-state index in [2.05, 4.69) is 10.9 Å². The molecular weight excluding hydrogens is 422 g/mol. The molecule has 0 spiro atoms. The van der Waals surface area contributed by atoms with E-state index >= 15 is 0 Å². The summed E-state index contributed by atoms with van der Waals surface area (Å²) in [5.41, 5.74) is 5.62. The van der Waals surface area contributed by atoms with Crippen molar-refractivity contribution in [1.82, 2.24) is 15.2 Å². The fourth-order valence-electron chi connectivity index (χ4n) is 2.58. The van der Waals surface area contributed by atoms with Gasteiger partial charge in [0.2, 0.25) is 10.0 Å². The zero-order chi connectivity index (χ0) is 23.2. The minimum atomic E-state index is -3.84. The number of methoxy groups -OCH3 is 1. The molecule has 2 N–H and O–H groups in total. The van der Waals surface area contributed by atoms with Crippen molar-refractivity contribution >= 4 is 21.8 Å². The van der Waals surface area contributed by atoms with Crippen LogP contribution in [0.1, 0.15) is 29.8 Å². The molecule has 2 aromatic carbocycles. The van der Waals surface area contributed by atoms with Crippen molar-refractivity contribution in [2.45, 2.75) is 31.8 Å². The standard InChI is InChI=1S/C21H27N3O6S/c1-14(2)30-18-11-8-16(12-19(18)29-5)21(26)23-22-20(25)13-24(4)31(27,28)17-9-6-15(3)7-10-17/h6-12,14H,13H2,1-5H3,(H,22,25)(H,23,26). The first-order valence-electron chi connectivity index (χ1n) is 9.51. The zero-order valence-corrected chi connectivity index (χ0v) is 18.9. The third-order valence-electron chi connectivity index (χ3n) is 4.20. The maximum absolute atomic E-state index is 12.6. The lowest BCUT2D eigenvalue weighted by Crippen LogP contribution is -2.46. The second-order valence-electron chi connectivity index (χ2n) is 7.11. The molecule has 0 saturated carbocycles. The predicted molar refractivity (Wildman–Crippen MR) is 115 cm³/mol. The van der Waals surface area contributed by atoms with Gasteiger partial charge < -0.3 is 9.47 Å². The molecule has 0 fully saturated rings. The lowest BCUT2D eigenvalue weighted by atomic mass is 10.2. The van der Waals surface area contributed by atoms with Gasteiger partial charge in [0.05, 0.1) is 24.7 Å². The molecule has 0 aliphatic heterocycles. The lowest BCUT2D eigenvalue weighted by molar-refractivity contribution is -0.121. The summed E-state index contributed by atoms with van der Waals surface area (Å²) < 4.78 is 36.8. The Balaban J connectivity index is 1.97. The molecular formula is C21H27N3O6S. The minimum absolute atomic E-state index is 0.0685. The number of amides is 2. The summed E-state index contributed by atoms with van der Waals surface area (Å²) in [6.45, 7) is 5.11. The molecule has 10 heteroatoms. The average Bonchev–Trinajstić information content (AvgIpc) is 2.72. The van der Waals surface area contributed by atoms with Crippen LogP contribution in [0.5, 0.6) is 11.5 Å². The molecule has 2 amide bonds. The summed E-state index contributed by atoms with van der Waals surface area (Å²) in [5.74, 6) is -0.428. The first kappa shape index (κ1) is 24.2. The van der Waals surface area contributed by atoms with Crippen LogP contribution in [0.3, 0.4) is 0 Å². The normalized spacial score (nSPS) is 11.3. The Bertz CT molecular complexity index is 1040. The molecule has 0 bridgehead atoms. The highest BCUT2D eigenvalue weighted by Crippen LogP contribution is 2.28. The monoisotopic (exact) mass is 449 g/mol. The third kappa shape index (κ3) is 6.43. The van der Waals surface area contributed by atoms with Crippen molar-refractivity contribution in [1.29, 1.82) is 0 Å². The van der Waals surface area contributed by atoms with Gasteiger partial charge in [-0.25, -0.2) is 8.42 Å². The van der Waals surface area contributed by atoms with E-state index in [0.717, 1.165) is 9.87 Å². The number of hydrazine groups is 1. The number of hydrogen-bond acceptors (Lipinski definition) is 6. The summed E-state index contributed by atoms with van der Waals surface area (Å²) in [5, 5.41) is 0. The Hall–Kier alpha value is -3.11. The van der Waals surface area contributed by atoms with E-state index in [1.54, 1.807) is 18.2 Å². The average molecular weight is 450 g/mol. The zero-order valence-electron chi connectivity index (χ0n) is 18.1. The van der Waals surface area contributed by atoms with Gasteiger partial charge in [-0.15, -0.1) is 0 Å². The molecule has 0 atom stereocenters. The number of aryl methyl sites for hydroxylation is 1. The highest BCUT2D eigenvalue weighted by Gasteiger charge is 2.23. The van der Waals surface area contributed by atoms with E-state index in [1.807, 2.05) is 20.8 Å². The Morgan fingerprint density at radius 3 is 2.26 bits per heavy atom. The number of carbonyl (C=O) groups is 2. The summed E-state index contributed by atoms with van der Waals surface area (Å²) in [4.78, 5) is 24.6. The van der Waals surface area contributed by atoms with Crippen LogP contribution in [0.2, 0.25) is 0 Å². The van der Waals surface area contributed by atoms with Crippen molar-refractivity contribution in [3.8, 4) is 11.5 Å². The number of ether oxygens (including phenoxy) is 2. The van der Waals surface area contributed by atoms with Crippen LogP contribution in [-0.4, -0.2) is 51.3 Å². The van der Waals surface area contributed by atoms with E-state index in [9.17, 15) is 18.0 Å². The molecule has 0 heterocycles. The third-order valence-corrected chi connectivity index (χ3v) is 6.02. The maximum Gasteiger partial charge on any atom is 0.269 e. The van der Waals surface area contributed by atoms with Gasteiger partial charge in [-0.3, -0.25) is 20.4 Å². The van der Waals surface area contributed by atoms with Crippen LogP contribution < -0.4 is 20.3 Å². The van der Waals surface area contributed by atoms with Crippen molar-refractivity contribution in [2.75, 3.05) is 20.7 Å². The Morgan fingerprint density at radius 2 is 1.68 bits per heavy atom. The molecule has 0 aliphatic carbocycles. The summed E-state index contributed by atoms with van der Waals surface area (Å²) in [6, 6.07) is 10.9. The number of rotatable bonds is 8. The topological polar surface area (TPSA) is 114 Å². The smallest absolute Gasteiger partial charge is 0.269 e. The van der Waals surface area contributed by atoms with Gasteiger partial charge in [0.25, 0.3) is 11.8 Å². The Kier molecular flexibility index (Phi) is 8.01. The summed E-state index contributed by atoms with van der Waals surface area (Å²) >= 11 is 0. The molecule has 31 heavy (non-hydrogen) atoms. The first-order valence-corrected chi connectivity index (χ1v) is 11.0. The molecule has 0 unspecified atom stereocenters. The molecule has 0 radical (unpaired) electrons. The van der Waals surface area contributed by atoms with Gasteiger partial charge in [0, 0.05) is 12.6 Å². The van der Waals surface area contributed by atoms with Gasteiger partial charge in [0.15, 0.2) is 11.5 Å². The van der Waals surface area contributed by atoms with Crippen molar-refractivity contribution in [2.24, 2.45) is 0 Å². The Labute approximate surface area is 182 Å². The van der Waals surface area contributed by atoms with Crippen molar-refractivity contribution in [3.63, 3.8) is 0 Å². The van der Waals surface area contributed by atoms with E-state index in [1.165, 1.54) is 38.4 Å². The van der Waals surface area contributed by atoms with E-state index < -0.39 is 28.4 Å². The maximum atomic E-state index is 12.6. The largest absolute Gasteiger partial charge is 0.493 e. The highest BCUT2D eigenvalue weighted by atomic mass is 32.2. The van der Waals surface area contributed by atoms with Crippen LogP contribution >= 0.6 is 0 Å². The molecule has 0 saturated heterocycles. The second-order valence-corrected chi connectivity index (χ2v) is 9.15. The molecule has 0 aromatic heterocycles. The van der Waals surface area contributed by atoms with Crippen LogP contribution in [0, 0.1) is 6.92 Å². The number of benzene rings is 2. The van der Waals surface area contributed by atoms with Gasteiger partial charge in [-0.05, 0) is 51.1 Å². The first-order chi connectivity index (χ1) is 14.5. The van der Waals surface area contributed by atoms with Crippen LogP contribution in [0.15, 0.2) is 47.4 Å². The number of carbonyl (C=O) groups excluding carboxylic acids is 2. The predicted octanol–water partition coefficient (Wildman–Crippen LogP) is 1.87. The van der Waals surface area contributed by atoms with Crippen LogP contribution in [0.25, 0.3) is 0 Å². The van der Waals surface area contributed by atoms with Gasteiger partial charge in [0.1, 0.15) is 0 Å². The quantitative estimate of drug-likeness (QED) is 0.595. The molecule has 168 valence electrons. The van der Waals surface area contributed by atoms with E-state index in [4.69, 9.17) is 9.47 Å². The van der Waals surface area contributed by atoms with Crippen LogP contribution in [0.4, 0.5) is 0 Å². The fourth-order valence-corrected chi connectivity index (χ4v) is 3.70. The fraction of sp³-hybridized carbons (Fsp3) is 0.333. The molecule has 2 aromatic rings. The SMILES string of the molecule is COc1cc(C(=O)NNC(=O)CN(C)S(=O)(=O)c2ccc(C)cc2)ccc1OC(C)C. The Morgan fingerprint density at radius 1 is 1.03 bits per heavy atom. The summed E-state index contributed by atoms with van der Waals surface area (Å²) in [6.07, 6.45) is -0.0685. The number of sulfonamides is 1. The lowest BCUT2D eigenvalue weighted by Gasteiger charge is -2.17. The number of nitrogens with one attached hydrogen (secondary N) is 2. The van der Waals surface area contributed by atoms with Crippen molar-refractivity contribution in [3.05, 3.63) is 53.6 Å². The number of hydrogen-bond donors (Lipinski definition) is 2. The van der Waals surface area contributed by atoms with Gasteiger partial charge >= 0.3 is 0 Å². The van der Waals surface area contributed by atoms with E-state index in [-0.39, 0.29) is 16.6 Å². The summed E-state index contributed by atoms with van der Waals surface area (Å²) in [7, 11) is -1.09. The number of nitrogens with zero attached hydrogens (tertiary/aromatic N) is 1. The number of likely N-dealkylation sites (N-methyl/N-ethyl adjacent to an activating group) is 1. The highest BCUT2D eigenvalue weighted by molar-refractivity contribution is 7.89. The molecule has 9 nitrogen and oxygen atoms in total. The second kappa shape index (κ2) is 10.3. The van der Waals surface area contributed by atoms with Gasteiger partial charge in [-0.2, -0.15) is 4.31 Å². The van der Waals surface area contributed by atoms with Gasteiger partial charge in [-0.1, -0.05) is 17.7 Å². The minimum Gasteiger partial charge on any atom is -0.493 e. The molecule has 2 rings (SSSR count). The van der Waals surface area contributed by atoms with E-state index in [0.29, 0.717) is 11.5 Å².